The van der Waals surface area contributed by atoms with E-state index in [1.54, 1.807) is 0 Å². The molecule has 0 unspecified atom stereocenters. The number of amides is 1. The lowest BCUT2D eigenvalue weighted by Gasteiger charge is -2.14. The molecule has 0 aromatic heterocycles. The van der Waals surface area contributed by atoms with Crippen LogP contribution in [0.25, 0.3) is 0 Å². The summed E-state index contributed by atoms with van der Waals surface area (Å²) in [6.07, 6.45) is -1.54. The number of ether oxygens (including phenoxy) is 1. The van der Waals surface area contributed by atoms with E-state index in [2.05, 4.69) is 5.32 Å². The van der Waals surface area contributed by atoms with Gasteiger partial charge in [0, 0.05) is 6.07 Å². The maximum Gasteiger partial charge on any atom is 0.408 e. The Bertz CT molecular complexity index is 404. The van der Waals surface area contributed by atoms with Gasteiger partial charge in [0.25, 0.3) is 0 Å². The smallest absolute Gasteiger partial charge is 0.408 e. The Morgan fingerprint density at radius 2 is 1.94 bits per heavy atom. The molecule has 1 fully saturated rings. The molecule has 6 heteroatoms. The predicted octanol–water partition coefficient (Wildman–Crippen LogP) is 1.11. The molecule has 16 heavy (non-hydrogen) atoms. The van der Waals surface area contributed by atoms with Crippen LogP contribution < -0.4 is 5.32 Å². The van der Waals surface area contributed by atoms with Crippen LogP contribution in [0.2, 0.25) is 0 Å². The molecule has 2 atom stereocenters. The van der Waals surface area contributed by atoms with Crippen LogP contribution >= 0.6 is 0 Å². The molecular formula is C10H9F2NO3. The molecule has 0 spiro atoms. The lowest BCUT2D eigenvalue weighted by atomic mass is 10.0. The van der Waals surface area contributed by atoms with Gasteiger partial charge in [0.2, 0.25) is 0 Å². The van der Waals surface area contributed by atoms with Gasteiger partial charge in [-0.2, -0.15) is 0 Å². The Kier molecular flexibility index (Phi) is 2.74. The summed E-state index contributed by atoms with van der Waals surface area (Å²) >= 11 is 0. The van der Waals surface area contributed by atoms with Crippen molar-refractivity contribution in [2.45, 2.75) is 12.1 Å². The number of nitrogens with one attached hydrogen (secondary N) is 1. The summed E-state index contributed by atoms with van der Waals surface area (Å²) in [6.45, 7) is -0.415. The summed E-state index contributed by atoms with van der Waals surface area (Å²) in [5.41, 5.74) is 0.224. The number of hydrogen-bond acceptors (Lipinski definition) is 3. The van der Waals surface area contributed by atoms with Crippen LogP contribution in [0.4, 0.5) is 13.6 Å². The van der Waals surface area contributed by atoms with Crippen LogP contribution in [0.5, 0.6) is 0 Å². The van der Waals surface area contributed by atoms with Gasteiger partial charge < -0.3 is 15.2 Å². The normalized spacial score (nSPS) is 24.1. The molecule has 1 aliphatic heterocycles. The van der Waals surface area contributed by atoms with E-state index in [-0.39, 0.29) is 5.56 Å². The first-order valence-corrected chi connectivity index (χ1v) is 4.64. The zero-order valence-electron chi connectivity index (χ0n) is 8.11. The maximum absolute atomic E-state index is 13.0. The molecule has 0 saturated carbocycles. The minimum atomic E-state index is -0.825. The highest BCUT2D eigenvalue weighted by molar-refractivity contribution is 5.70. The van der Waals surface area contributed by atoms with Gasteiger partial charge in [-0.05, 0) is 17.7 Å². The minimum Gasteiger partial charge on any atom is -0.441 e. The van der Waals surface area contributed by atoms with E-state index in [1.165, 1.54) is 0 Å². The number of hydrogen-bond donors (Lipinski definition) is 2. The van der Waals surface area contributed by atoms with Gasteiger partial charge in [-0.1, -0.05) is 0 Å². The third-order valence-electron chi connectivity index (χ3n) is 2.33. The SMILES string of the molecule is O=C1N[C@@H](c2cc(F)cc(F)c2)[C@H](CO)O1. The topological polar surface area (TPSA) is 58.6 Å². The standard InChI is InChI=1S/C10H9F2NO3/c11-6-1-5(2-7(12)3-6)9-8(4-14)16-10(15)13-9/h1-3,8-9,14H,4H2,(H,13,15)/t8-,9-/m0/s1. The predicted molar refractivity (Wildman–Crippen MR) is 49.6 cm³/mol. The molecule has 1 aromatic rings. The average Bonchev–Trinajstić information content (AvgIpc) is 2.58. The summed E-state index contributed by atoms with van der Waals surface area (Å²) in [7, 11) is 0. The lowest BCUT2D eigenvalue weighted by Crippen LogP contribution is -2.25. The Morgan fingerprint density at radius 1 is 1.31 bits per heavy atom. The van der Waals surface area contributed by atoms with Crippen LogP contribution in [0.3, 0.4) is 0 Å². The van der Waals surface area contributed by atoms with E-state index in [4.69, 9.17) is 9.84 Å². The van der Waals surface area contributed by atoms with Gasteiger partial charge in [-0.25, -0.2) is 13.6 Å². The van der Waals surface area contributed by atoms with Gasteiger partial charge >= 0.3 is 6.09 Å². The van der Waals surface area contributed by atoms with E-state index in [0.29, 0.717) is 0 Å². The van der Waals surface area contributed by atoms with Gasteiger partial charge in [0.1, 0.15) is 11.6 Å². The molecule has 1 heterocycles. The van der Waals surface area contributed by atoms with Crippen LogP contribution in [0.1, 0.15) is 11.6 Å². The van der Waals surface area contributed by atoms with Gasteiger partial charge in [-0.3, -0.25) is 0 Å². The minimum absolute atomic E-state index is 0.224. The quantitative estimate of drug-likeness (QED) is 0.798. The Labute approximate surface area is 89.8 Å². The lowest BCUT2D eigenvalue weighted by molar-refractivity contribution is 0.0828. The van der Waals surface area contributed by atoms with Crippen molar-refractivity contribution >= 4 is 6.09 Å². The Hall–Kier alpha value is -1.69. The molecule has 1 saturated heterocycles. The summed E-state index contributed by atoms with van der Waals surface area (Å²) in [6, 6.07) is 2.17. The highest BCUT2D eigenvalue weighted by atomic mass is 19.1. The number of cyclic esters (lactones) is 1. The van der Waals surface area contributed by atoms with E-state index in [9.17, 15) is 13.6 Å². The fraction of sp³-hybridized carbons (Fsp3) is 0.300. The van der Waals surface area contributed by atoms with Crippen molar-refractivity contribution in [3.05, 3.63) is 35.4 Å². The number of rotatable bonds is 2. The number of benzene rings is 1. The molecule has 0 aliphatic carbocycles. The highest BCUT2D eigenvalue weighted by Gasteiger charge is 2.35. The second-order valence-corrected chi connectivity index (χ2v) is 3.45. The largest absolute Gasteiger partial charge is 0.441 e. The van der Waals surface area contributed by atoms with E-state index < -0.39 is 36.5 Å². The zero-order chi connectivity index (χ0) is 11.7. The summed E-state index contributed by atoms with van der Waals surface area (Å²) in [5, 5.41) is 11.3. The van der Waals surface area contributed by atoms with E-state index in [1.807, 2.05) is 0 Å². The second kappa shape index (κ2) is 4.05. The number of carbonyl (C=O) groups excluding carboxylic acids is 1. The molecule has 0 radical (unpaired) electrons. The summed E-state index contributed by atoms with van der Waals surface area (Å²) < 4.78 is 30.6. The van der Waals surface area contributed by atoms with Crippen molar-refractivity contribution in [1.82, 2.24) is 5.32 Å². The van der Waals surface area contributed by atoms with Crippen molar-refractivity contribution in [2.24, 2.45) is 0 Å². The summed E-state index contributed by atoms with van der Waals surface area (Å²) in [4.78, 5) is 10.9. The van der Waals surface area contributed by atoms with Crippen molar-refractivity contribution in [1.29, 1.82) is 0 Å². The number of aliphatic hydroxyl groups excluding tert-OH is 1. The van der Waals surface area contributed by atoms with E-state index >= 15 is 0 Å². The van der Waals surface area contributed by atoms with Gasteiger partial charge in [0.05, 0.1) is 12.6 Å². The fourth-order valence-corrected chi connectivity index (χ4v) is 1.65. The molecule has 4 nitrogen and oxygen atoms in total. The third kappa shape index (κ3) is 1.96. The Morgan fingerprint density at radius 3 is 2.50 bits per heavy atom. The number of aliphatic hydroxyl groups is 1. The molecule has 1 aliphatic rings. The molecule has 1 amide bonds. The maximum atomic E-state index is 13.0. The fourth-order valence-electron chi connectivity index (χ4n) is 1.65. The molecule has 2 rings (SSSR count). The van der Waals surface area contributed by atoms with E-state index in [0.717, 1.165) is 18.2 Å². The van der Waals surface area contributed by atoms with Crippen molar-refractivity contribution in [3.8, 4) is 0 Å². The van der Waals surface area contributed by atoms with Crippen LogP contribution in [-0.4, -0.2) is 23.9 Å². The highest BCUT2D eigenvalue weighted by Crippen LogP contribution is 2.25. The van der Waals surface area contributed by atoms with Gasteiger partial charge in [-0.15, -0.1) is 0 Å². The third-order valence-corrected chi connectivity index (χ3v) is 2.33. The molecule has 86 valence electrons. The molecule has 1 aromatic carbocycles. The van der Waals surface area contributed by atoms with Crippen molar-refractivity contribution in [3.63, 3.8) is 0 Å². The first-order valence-electron chi connectivity index (χ1n) is 4.64. The molecule has 2 N–H and O–H groups in total. The number of halogens is 2. The molecule has 0 bridgehead atoms. The summed E-state index contributed by atoms with van der Waals surface area (Å²) in [5.74, 6) is -1.49. The first-order chi connectivity index (χ1) is 7.60. The van der Waals surface area contributed by atoms with Crippen molar-refractivity contribution < 1.29 is 23.4 Å². The van der Waals surface area contributed by atoms with Gasteiger partial charge in [0.15, 0.2) is 6.10 Å². The van der Waals surface area contributed by atoms with Crippen molar-refractivity contribution in [2.75, 3.05) is 6.61 Å². The number of alkyl carbamates (subject to hydrolysis) is 1. The van der Waals surface area contributed by atoms with Crippen LogP contribution in [-0.2, 0) is 4.74 Å². The van der Waals surface area contributed by atoms with Crippen LogP contribution in [0, 0.1) is 11.6 Å². The zero-order valence-corrected chi connectivity index (χ0v) is 8.11. The first kappa shape index (κ1) is 10.8. The second-order valence-electron chi connectivity index (χ2n) is 3.45. The monoisotopic (exact) mass is 229 g/mol. The average molecular weight is 229 g/mol. The Balaban J connectivity index is 2.32. The number of carbonyl (C=O) groups is 1. The van der Waals surface area contributed by atoms with Crippen LogP contribution in [0.15, 0.2) is 18.2 Å². The molecular weight excluding hydrogens is 220 g/mol.